The molecule has 0 aromatic heterocycles. The highest BCUT2D eigenvalue weighted by molar-refractivity contribution is 7.80. The summed E-state index contributed by atoms with van der Waals surface area (Å²) in [6, 6.07) is 10.8. The Bertz CT molecular complexity index is 1020. The van der Waals surface area contributed by atoms with Crippen molar-refractivity contribution in [3.8, 4) is 5.75 Å². The van der Waals surface area contributed by atoms with Crippen molar-refractivity contribution in [2.24, 2.45) is 0 Å². The van der Waals surface area contributed by atoms with Gasteiger partial charge in [0.2, 0.25) is 0 Å². The van der Waals surface area contributed by atoms with Gasteiger partial charge in [-0.3, -0.25) is 30.3 Å². The summed E-state index contributed by atoms with van der Waals surface area (Å²) in [5.41, 5.74) is 0.997. The van der Waals surface area contributed by atoms with Crippen LogP contribution < -0.4 is 15.4 Å². The van der Waals surface area contributed by atoms with E-state index < -0.39 is 16.7 Å². The Morgan fingerprint density at radius 3 is 2.50 bits per heavy atom. The minimum atomic E-state index is -0.601. The lowest BCUT2D eigenvalue weighted by molar-refractivity contribution is -0.384. The molecule has 142 valence electrons. The molecule has 0 aliphatic carbocycles. The Morgan fingerprint density at radius 2 is 1.86 bits per heavy atom. The number of hydrogen-bond acceptors (Lipinski definition) is 6. The van der Waals surface area contributed by atoms with E-state index in [4.69, 9.17) is 28.6 Å². The van der Waals surface area contributed by atoms with Crippen LogP contribution in [0, 0.1) is 10.1 Å². The van der Waals surface area contributed by atoms with E-state index in [1.165, 1.54) is 24.3 Å². The average Bonchev–Trinajstić information content (AvgIpc) is 2.64. The molecule has 1 saturated heterocycles. The van der Waals surface area contributed by atoms with Gasteiger partial charge in [0, 0.05) is 12.1 Å². The molecule has 10 heteroatoms. The standard InChI is InChI=1S/C18H12ClN3O5S/c19-14-8-10(7-13-16(23)20-18(28)21-17(13)24)4-5-15(14)27-9-11-2-1-3-12(6-11)22(25)26/h1-8H,9H2,(H2,20,21,23,24,28). The largest absolute Gasteiger partial charge is 0.487 e. The maximum Gasteiger partial charge on any atom is 0.269 e. The highest BCUT2D eigenvalue weighted by atomic mass is 35.5. The number of benzene rings is 2. The Hall–Kier alpha value is -3.30. The van der Waals surface area contributed by atoms with Gasteiger partial charge in [0.15, 0.2) is 5.11 Å². The Morgan fingerprint density at radius 1 is 1.14 bits per heavy atom. The quantitative estimate of drug-likeness (QED) is 0.254. The predicted molar refractivity (Wildman–Crippen MR) is 106 cm³/mol. The SMILES string of the molecule is O=C1NC(=S)NC(=O)C1=Cc1ccc(OCc2cccc([N+](=O)[O-])c2)c(Cl)c1. The van der Waals surface area contributed by atoms with E-state index in [1.807, 2.05) is 0 Å². The second kappa shape index (κ2) is 8.15. The fourth-order valence-corrected chi connectivity index (χ4v) is 2.85. The van der Waals surface area contributed by atoms with Crippen LogP contribution in [0.3, 0.4) is 0 Å². The van der Waals surface area contributed by atoms with Crippen molar-refractivity contribution in [2.45, 2.75) is 6.61 Å². The second-order valence-corrected chi connectivity index (χ2v) is 6.52. The van der Waals surface area contributed by atoms with Crippen LogP contribution in [0.4, 0.5) is 5.69 Å². The molecule has 3 rings (SSSR count). The van der Waals surface area contributed by atoms with Crippen molar-refractivity contribution in [1.29, 1.82) is 0 Å². The van der Waals surface area contributed by atoms with Crippen molar-refractivity contribution in [2.75, 3.05) is 0 Å². The van der Waals surface area contributed by atoms with Gasteiger partial charge in [-0.25, -0.2) is 0 Å². The third-order valence-corrected chi connectivity index (χ3v) is 4.23. The van der Waals surface area contributed by atoms with Gasteiger partial charge in [-0.1, -0.05) is 29.8 Å². The van der Waals surface area contributed by atoms with Crippen LogP contribution >= 0.6 is 23.8 Å². The van der Waals surface area contributed by atoms with E-state index >= 15 is 0 Å². The number of rotatable bonds is 5. The van der Waals surface area contributed by atoms with Crippen molar-refractivity contribution < 1.29 is 19.2 Å². The number of carbonyl (C=O) groups is 2. The summed E-state index contributed by atoms with van der Waals surface area (Å²) in [5.74, 6) is -0.846. The minimum absolute atomic E-state index is 0.0299. The van der Waals surface area contributed by atoms with E-state index in [0.717, 1.165) is 0 Å². The number of nitrogens with zero attached hydrogens (tertiary/aromatic N) is 1. The number of ether oxygens (including phenoxy) is 1. The third-order valence-electron chi connectivity index (χ3n) is 3.73. The lowest BCUT2D eigenvalue weighted by Crippen LogP contribution is -2.51. The van der Waals surface area contributed by atoms with Gasteiger partial charge in [0.1, 0.15) is 17.9 Å². The molecule has 0 atom stereocenters. The number of nitrogens with one attached hydrogen (secondary N) is 2. The summed E-state index contributed by atoms with van der Waals surface area (Å²) in [7, 11) is 0. The zero-order valence-corrected chi connectivity index (χ0v) is 15.7. The topological polar surface area (TPSA) is 111 Å². The molecule has 8 nitrogen and oxygen atoms in total. The highest BCUT2D eigenvalue weighted by Crippen LogP contribution is 2.28. The summed E-state index contributed by atoms with van der Waals surface area (Å²) < 4.78 is 5.61. The molecule has 0 bridgehead atoms. The summed E-state index contributed by atoms with van der Waals surface area (Å²) in [6.45, 7) is 0.0874. The van der Waals surface area contributed by atoms with E-state index in [1.54, 1.807) is 24.3 Å². The highest BCUT2D eigenvalue weighted by Gasteiger charge is 2.25. The van der Waals surface area contributed by atoms with Crippen LogP contribution in [0.2, 0.25) is 5.02 Å². The van der Waals surface area contributed by atoms with Crippen molar-refractivity contribution in [3.63, 3.8) is 0 Å². The number of halogens is 1. The first-order valence-electron chi connectivity index (χ1n) is 7.87. The maximum atomic E-state index is 11.9. The molecule has 0 radical (unpaired) electrons. The van der Waals surface area contributed by atoms with Gasteiger partial charge in [0.05, 0.1) is 9.95 Å². The number of carbonyl (C=O) groups excluding carboxylic acids is 2. The predicted octanol–water partition coefficient (Wildman–Crippen LogP) is 2.74. The normalized spacial score (nSPS) is 13.6. The van der Waals surface area contributed by atoms with E-state index in [0.29, 0.717) is 16.9 Å². The molecule has 0 spiro atoms. The van der Waals surface area contributed by atoms with Crippen molar-refractivity contribution in [1.82, 2.24) is 10.6 Å². The molecule has 1 aliphatic heterocycles. The van der Waals surface area contributed by atoms with E-state index in [9.17, 15) is 19.7 Å². The smallest absolute Gasteiger partial charge is 0.269 e. The molecule has 2 aromatic carbocycles. The number of hydrogen-bond donors (Lipinski definition) is 2. The molecule has 1 fully saturated rings. The number of nitro groups is 1. The first-order valence-corrected chi connectivity index (χ1v) is 8.66. The number of amides is 2. The Balaban J connectivity index is 1.74. The number of non-ortho nitro benzene ring substituents is 1. The molecule has 0 unspecified atom stereocenters. The molecule has 0 saturated carbocycles. The monoisotopic (exact) mass is 417 g/mol. The van der Waals surface area contributed by atoms with Gasteiger partial charge in [-0.05, 0) is 41.6 Å². The lowest BCUT2D eigenvalue weighted by Gasteiger charge is -2.16. The molecule has 28 heavy (non-hydrogen) atoms. The minimum Gasteiger partial charge on any atom is -0.487 e. The lowest BCUT2D eigenvalue weighted by atomic mass is 10.1. The zero-order valence-electron chi connectivity index (χ0n) is 14.1. The van der Waals surface area contributed by atoms with Crippen molar-refractivity contribution >= 4 is 52.5 Å². The molecule has 2 amide bonds. The fraction of sp³-hybridized carbons (Fsp3) is 0.0556. The van der Waals surface area contributed by atoms with Gasteiger partial charge < -0.3 is 4.74 Å². The van der Waals surface area contributed by atoms with Crippen LogP contribution in [0.15, 0.2) is 48.0 Å². The summed E-state index contributed by atoms with van der Waals surface area (Å²) in [5, 5.41) is 15.7. The molecular weight excluding hydrogens is 406 g/mol. The molecule has 2 aromatic rings. The van der Waals surface area contributed by atoms with Gasteiger partial charge >= 0.3 is 0 Å². The van der Waals surface area contributed by atoms with Crippen LogP contribution in [-0.4, -0.2) is 21.9 Å². The van der Waals surface area contributed by atoms with Gasteiger partial charge in [-0.15, -0.1) is 0 Å². The summed E-state index contributed by atoms with van der Waals surface area (Å²) in [6.07, 6.45) is 1.38. The van der Waals surface area contributed by atoms with E-state index in [-0.39, 0.29) is 28.0 Å². The summed E-state index contributed by atoms with van der Waals surface area (Å²) >= 11 is 10.9. The number of thiocarbonyl (C=S) groups is 1. The Labute approximate surface area is 169 Å². The van der Waals surface area contributed by atoms with Crippen LogP contribution in [0.5, 0.6) is 5.75 Å². The van der Waals surface area contributed by atoms with Crippen LogP contribution in [0.1, 0.15) is 11.1 Å². The fourth-order valence-electron chi connectivity index (χ4n) is 2.42. The maximum absolute atomic E-state index is 11.9. The molecule has 2 N–H and O–H groups in total. The van der Waals surface area contributed by atoms with Gasteiger partial charge in [-0.2, -0.15) is 0 Å². The summed E-state index contributed by atoms with van der Waals surface area (Å²) in [4.78, 5) is 34.1. The zero-order chi connectivity index (χ0) is 20.3. The molecular formula is C18H12ClN3O5S. The first-order chi connectivity index (χ1) is 13.3. The van der Waals surface area contributed by atoms with Gasteiger partial charge in [0.25, 0.3) is 17.5 Å². The van der Waals surface area contributed by atoms with E-state index in [2.05, 4.69) is 10.6 Å². The molecule has 1 heterocycles. The molecule has 1 aliphatic rings. The van der Waals surface area contributed by atoms with Crippen LogP contribution in [0.25, 0.3) is 6.08 Å². The Kier molecular flexibility index (Phi) is 5.67. The van der Waals surface area contributed by atoms with Crippen molar-refractivity contribution in [3.05, 3.63) is 74.3 Å². The van der Waals surface area contributed by atoms with Crippen LogP contribution in [-0.2, 0) is 16.2 Å². The number of nitro benzene ring substituents is 1. The second-order valence-electron chi connectivity index (χ2n) is 5.70. The average molecular weight is 418 g/mol. The third kappa shape index (κ3) is 4.51. The first kappa shape index (κ1) is 19.5.